The van der Waals surface area contributed by atoms with E-state index in [4.69, 9.17) is 9.47 Å². The van der Waals surface area contributed by atoms with Gasteiger partial charge in [-0.05, 0) is 30.3 Å². The molecule has 2 amide bonds. The smallest absolute Gasteiger partial charge is 0.254 e. The highest BCUT2D eigenvalue weighted by Gasteiger charge is 2.16. The number of carbonyl (C=O) groups excluding carboxylic acids is 2. The van der Waals surface area contributed by atoms with Gasteiger partial charge in [0.15, 0.2) is 16.6 Å². The predicted octanol–water partition coefficient (Wildman–Crippen LogP) is 3.19. The van der Waals surface area contributed by atoms with Crippen LogP contribution in [-0.4, -0.2) is 30.1 Å². The summed E-state index contributed by atoms with van der Waals surface area (Å²) in [5, 5.41) is 6.94. The first-order valence-corrected chi connectivity index (χ1v) is 9.26. The zero-order valence-electron chi connectivity index (χ0n) is 14.7. The maximum Gasteiger partial charge on any atom is 0.254 e. The molecule has 10 heteroatoms. The quantitative estimate of drug-likeness (QED) is 0.666. The number of carbonyl (C=O) groups is 2. The Bertz CT molecular complexity index is 1100. The van der Waals surface area contributed by atoms with Crippen molar-refractivity contribution < 1.29 is 27.8 Å². The predicted molar refractivity (Wildman–Crippen MR) is 101 cm³/mol. The number of nitrogens with zero attached hydrogens (tertiary/aromatic N) is 1. The fourth-order valence-corrected chi connectivity index (χ4v) is 3.35. The number of hydrogen-bond donors (Lipinski definition) is 2. The first-order chi connectivity index (χ1) is 14.0. The summed E-state index contributed by atoms with van der Waals surface area (Å²) in [7, 11) is 0. The second-order valence-corrected chi connectivity index (χ2v) is 6.82. The van der Waals surface area contributed by atoms with Gasteiger partial charge in [-0.1, -0.05) is 0 Å². The molecule has 0 saturated heterocycles. The number of benzene rings is 2. The largest absolute Gasteiger partial charge is 0.454 e. The van der Waals surface area contributed by atoms with Crippen LogP contribution in [0.5, 0.6) is 11.5 Å². The Kier molecular flexibility index (Phi) is 5.09. The first-order valence-electron chi connectivity index (χ1n) is 8.38. The van der Waals surface area contributed by atoms with Gasteiger partial charge in [-0.2, -0.15) is 0 Å². The van der Waals surface area contributed by atoms with Crippen molar-refractivity contribution in [2.45, 2.75) is 0 Å². The van der Waals surface area contributed by atoms with Gasteiger partial charge in [0.2, 0.25) is 12.7 Å². The van der Waals surface area contributed by atoms with Crippen LogP contribution in [0.3, 0.4) is 0 Å². The van der Waals surface area contributed by atoms with Gasteiger partial charge in [-0.15, -0.1) is 11.3 Å². The summed E-state index contributed by atoms with van der Waals surface area (Å²) in [5.41, 5.74) is 1.09. The van der Waals surface area contributed by atoms with Gasteiger partial charge < -0.3 is 20.1 Å². The molecular formula is C19H13F2N3O4S. The monoisotopic (exact) mass is 417 g/mol. The third kappa shape index (κ3) is 4.16. The Morgan fingerprint density at radius 1 is 1.10 bits per heavy atom. The molecule has 7 nitrogen and oxygen atoms in total. The number of ether oxygens (including phenoxy) is 2. The molecule has 0 fully saturated rings. The highest BCUT2D eigenvalue weighted by molar-refractivity contribution is 7.14. The van der Waals surface area contributed by atoms with Crippen LogP contribution in [0.1, 0.15) is 10.4 Å². The molecule has 0 radical (unpaired) electrons. The van der Waals surface area contributed by atoms with E-state index < -0.39 is 30.0 Å². The number of amides is 2. The van der Waals surface area contributed by atoms with E-state index in [1.165, 1.54) is 11.3 Å². The van der Waals surface area contributed by atoms with Crippen molar-refractivity contribution in [3.63, 3.8) is 0 Å². The molecule has 1 aromatic heterocycles. The summed E-state index contributed by atoms with van der Waals surface area (Å²) < 4.78 is 37.1. The average molecular weight is 417 g/mol. The Labute approximate surface area is 167 Å². The molecule has 0 aliphatic carbocycles. The van der Waals surface area contributed by atoms with E-state index >= 15 is 0 Å². The van der Waals surface area contributed by atoms with Crippen LogP contribution in [0, 0.1) is 11.6 Å². The van der Waals surface area contributed by atoms with Crippen molar-refractivity contribution in [3.05, 3.63) is 59.0 Å². The zero-order valence-corrected chi connectivity index (χ0v) is 15.5. The normalized spacial score (nSPS) is 11.9. The van der Waals surface area contributed by atoms with Gasteiger partial charge in [-0.3, -0.25) is 9.59 Å². The van der Waals surface area contributed by atoms with Gasteiger partial charge in [0, 0.05) is 17.0 Å². The number of halogens is 2. The molecule has 4 rings (SSSR count). The minimum Gasteiger partial charge on any atom is -0.454 e. The highest BCUT2D eigenvalue weighted by atomic mass is 32.1. The third-order valence-corrected chi connectivity index (χ3v) is 4.76. The summed E-state index contributed by atoms with van der Waals surface area (Å²) in [6, 6.07) is 7.97. The van der Waals surface area contributed by atoms with Crippen molar-refractivity contribution >= 4 is 28.3 Å². The summed E-state index contributed by atoms with van der Waals surface area (Å²) in [4.78, 5) is 28.3. The summed E-state index contributed by atoms with van der Waals surface area (Å²) >= 11 is 1.21. The molecule has 3 aromatic rings. The summed E-state index contributed by atoms with van der Waals surface area (Å²) in [6.07, 6.45) is 0. The fraction of sp³-hybridized carbons (Fsp3) is 0.105. The van der Waals surface area contributed by atoms with Crippen LogP contribution < -0.4 is 20.1 Å². The van der Waals surface area contributed by atoms with Gasteiger partial charge in [0.05, 0.1) is 17.8 Å². The van der Waals surface area contributed by atoms with E-state index in [9.17, 15) is 18.4 Å². The Morgan fingerprint density at radius 2 is 1.93 bits per heavy atom. The summed E-state index contributed by atoms with van der Waals surface area (Å²) in [5.74, 6) is -1.87. The van der Waals surface area contributed by atoms with Gasteiger partial charge >= 0.3 is 0 Å². The molecule has 1 aliphatic rings. The fourth-order valence-electron chi connectivity index (χ4n) is 2.61. The van der Waals surface area contributed by atoms with Crippen LogP contribution in [0.15, 0.2) is 41.8 Å². The number of aromatic nitrogens is 1. The number of rotatable bonds is 5. The molecule has 2 heterocycles. The number of fused-ring (bicyclic) bond motifs is 1. The Hall–Kier alpha value is -3.53. The van der Waals surface area contributed by atoms with Crippen LogP contribution >= 0.6 is 11.3 Å². The molecule has 2 aromatic carbocycles. The Balaban J connectivity index is 1.35. The average Bonchev–Trinajstić information content (AvgIpc) is 3.34. The molecule has 2 N–H and O–H groups in total. The minimum atomic E-state index is -1.00. The van der Waals surface area contributed by atoms with E-state index in [1.54, 1.807) is 17.5 Å². The lowest BCUT2D eigenvalue weighted by Crippen LogP contribution is -2.33. The molecule has 0 saturated carbocycles. The standard InChI is InChI=1S/C19H13F2N3O4S/c20-11-2-3-12(13(21)6-11)18(26)22-7-17(25)24-19-23-14(8-29-19)10-1-4-15-16(5-10)28-9-27-15/h1-6,8H,7,9H2,(H,22,26)(H,23,24,25). The lowest BCUT2D eigenvalue weighted by atomic mass is 10.1. The second-order valence-electron chi connectivity index (χ2n) is 5.96. The molecule has 0 unspecified atom stereocenters. The third-order valence-electron chi connectivity index (χ3n) is 4.00. The number of thiazole rings is 1. The highest BCUT2D eigenvalue weighted by Crippen LogP contribution is 2.36. The SMILES string of the molecule is O=C(CNC(=O)c1ccc(F)cc1F)Nc1nc(-c2ccc3c(c2)OCO3)cs1. The number of anilines is 1. The molecule has 0 bridgehead atoms. The van der Waals surface area contributed by atoms with Crippen molar-refractivity contribution in [2.24, 2.45) is 0 Å². The lowest BCUT2D eigenvalue weighted by molar-refractivity contribution is -0.115. The zero-order chi connectivity index (χ0) is 20.4. The van der Waals surface area contributed by atoms with Crippen molar-refractivity contribution in [2.75, 3.05) is 18.7 Å². The van der Waals surface area contributed by atoms with Crippen LogP contribution in [0.25, 0.3) is 11.3 Å². The van der Waals surface area contributed by atoms with Crippen molar-refractivity contribution in [1.82, 2.24) is 10.3 Å². The van der Waals surface area contributed by atoms with Gasteiger partial charge in [0.1, 0.15) is 11.6 Å². The number of hydrogen-bond acceptors (Lipinski definition) is 6. The maximum atomic E-state index is 13.6. The molecule has 0 atom stereocenters. The minimum absolute atomic E-state index is 0.171. The van der Waals surface area contributed by atoms with E-state index in [0.717, 1.165) is 17.7 Å². The van der Waals surface area contributed by atoms with Gasteiger partial charge in [-0.25, -0.2) is 13.8 Å². The van der Waals surface area contributed by atoms with E-state index in [1.807, 2.05) is 6.07 Å². The first kappa shape index (κ1) is 18.8. The molecule has 148 valence electrons. The van der Waals surface area contributed by atoms with E-state index in [-0.39, 0.29) is 12.4 Å². The summed E-state index contributed by atoms with van der Waals surface area (Å²) in [6.45, 7) is -0.223. The molecular weight excluding hydrogens is 404 g/mol. The van der Waals surface area contributed by atoms with Crippen LogP contribution in [0.2, 0.25) is 0 Å². The van der Waals surface area contributed by atoms with Crippen molar-refractivity contribution in [1.29, 1.82) is 0 Å². The lowest BCUT2D eigenvalue weighted by Gasteiger charge is -2.06. The van der Waals surface area contributed by atoms with Crippen molar-refractivity contribution in [3.8, 4) is 22.8 Å². The van der Waals surface area contributed by atoms with Gasteiger partial charge in [0.25, 0.3) is 5.91 Å². The molecule has 0 spiro atoms. The topological polar surface area (TPSA) is 89.6 Å². The van der Waals surface area contributed by atoms with Crippen LogP contribution in [0.4, 0.5) is 13.9 Å². The maximum absolute atomic E-state index is 13.6. The second kappa shape index (κ2) is 7.84. The van der Waals surface area contributed by atoms with E-state index in [2.05, 4.69) is 15.6 Å². The number of nitrogens with one attached hydrogen (secondary N) is 2. The van der Waals surface area contributed by atoms with E-state index in [0.29, 0.717) is 28.4 Å². The Morgan fingerprint density at radius 3 is 2.76 bits per heavy atom. The molecule has 29 heavy (non-hydrogen) atoms. The molecule has 1 aliphatic heterocycles. The van der Waals surface area contributed by atoms with Crippen LogP contribution in [-0.2, 0) is 4.79 Å².